The van der Waals surface area contributed by atoms with E-state index in [2.05, 4.69) is 0 Å². The van der Waals surface area contributed by atoms with Gasteiger partial charge < -0.3 is 9.64 Å². The molecule has 1 saturated heterocycles. The van der Waals surface area contributed by atoms with Gasteiger partial charge in [0.15, 0.2) is 0 Å². The van der Waals surface area contributed by atoms with Gasteiger partial charge in [0.05, 0.1) is 19.2 Å². The fraction of sp³-hybridized carbons (Fsp3) is 0.400. The van der Waals surface area contributed by atoms with Gasteiger partial charge in [-0.1, -0.05) is 51.1 Å². The number of rotatable bonds is 7. The number of anilines is 1. The molecule has 1 unspecified atom stereocenters. The molecule has 2 aromatic carbocycles. The predicted molar refractivity (Wildman–Crippen MR) is 120 cm³/mol. The average molecular weight is 423 g/mol. The molecule has 1 aliphatic heterocycles. The third-order valence-corrected chi connectivity index (χ3v) is 5.32. The molecule has 2 aromatic rings. The van der Waals surface area contributed by atoms with Crippen molar-refractivity contribution in [2.75, 3.05) is 18.6 Å². The Morgan fingerprint density at radius 1 is 1.06 bits per heavy atom. The lowest BCUT2D eigenvalue weighted by molar-refractivity contribution is -0.139. The quantitative estimate of drug-likeness (QED) is 0.636. The first-order chi connectivity index (χ1) is 14.7. The number of amides is 3. The molecule has 0 spiro atoms. The van der Waals surface area contributed by atoms with E-state index in [1.807, 2.05) is 51.1 Å². The van der Waals surface area contributed by atoms with Crippen LogP contribution in [0.4, 0.5) is 5.69 Å². The standard InChI is InChI=1S/C25H30N2O4/c1-25(2,3)17-23(29)26(15-14-18-8-6-5-7-9-18)21-16-22(28)27(24(21)30)19-10-12-20(31-4)13-11-19/h5-13,21H,14-17H2,1-4H3. The maximum atomic E-state index is 13.3. The molecule has 6 heteroatoms. The van der Waals surface area contributed by atoms with Gasteiger partial charge >= 0.3 is 0 Å². The van der Waals surface area contributed by atoms with Crippen molar-refractivity contribution in [3.8, 4) is 5.75 Å². The van der Waals surface area contributed by atoms with E-state index >= 15 is 0 Å². The fourth-order valence-corrected chi connectivity index (χ4v) is 3.77. The number of nitrogens with zero attached hydrogens (tertiary/aromatic N) is 2. The first kappa shape index (κ1) is 22.5. The molecular weight excluding hydrogens is 392 g/mol. The third-order valence-electron chi connectivity index (χ3n) is 5.32. The molecule has 0 aromatic heterocycles. The van der Waals surface area contributed by atoms with Crippen molar-refractivity contribution < 1.29 is 19.1 Å². The molecule has 1 fully saturated rings. The van der Waals surface area contributed by atoms with E-state index in [1.165, 1.54) is 4.90 Å². The fourth-order valence-electron chi connectivity index (χ4n) is 3.77. The van der Waals surface area contributed by atoms with Crippen LogP contribution in [0.3, 0.4) is 0 Å². The van der Waals surface area contributed by atoms with Gasteiger partial charge in [-0.2, -0.15) is 0 Å². The molecule has 1 aliphatic rings. The highest BCUT2D eigenvalue weighted by atomic mass is 16.5. The lowest BCUT2D eigenvalue weighted by atomic mass is 9.91. The van der Waals surface area contributed by atoms with Crippen LogP contribution in [-0.4, -0.2) is 42.3 Å². The van der Waals surface area contributed by atoms with Crippen LogP contribution in [0.25, 0.3) is 0 Å². The van der Waals surface area contributed by atoms with Gasteiger partial charge in [0.25, 0.3) is 5.91 Å². The highest BCUT2D eigenvalue weighted by molar-refractivity contribution is 6.23. The van der Waals surface area contributed by atoms with Crippen molar-refractivity contribution in [1.82, 2.24) is 4.90 Å². The van der Waals surface area contributed by atoms with Gasteiger partial charge in [0.2, 0.25) is 11.8 Å². The molecule has 0 radical (unpaired) electrons. The number of carbonyl (C=O) groups excluding carboxylic acids is 3. The summed E-state index contributed by atoms with van der Waals surface area (Å²) in [5.74, 6) is -0.116. The molecule has 164 valence electrons. The lowest BCUT2D eigenvalue weighted by Crippen LogP contribution is -2.47. The molecule has 0 saturated carbocycles. The summed E-state index contributed by atoms with van der Waals surface area (Å²) in [6.07, 6.45) is 0.926. The summed E-state index contributed by atoms with van der Waals surface area (Å²) in [5.41, 5.74) is 1.35. The van der Waals surface area contributed by atoms with E-state index in [-0.39, 0.29) is 29.6 Å². The number of hydrogen-bond acceptors (Lipinski definition) is 4. The van der Waals surface area contributed by atoms with Crippen molar-refractivity contribution >= 4 is 23.4 Å². The summed E-state index contributed by atoms with van der Waals surface area (Å²) in [4.78, 5) is 42.0. The van der Waals surface area contributed by atoms with Gasteiger partial charge in [0.1, 0.15) is 11.8 Å². The van der Waals surface area contributed by atoms with Crippen molar-refractivity contribution in [3.05, 3.63) is 60.2 Å². The number of hydrogen-bond donors (Lipinski definition) is 0. The van der Waals surface area contributed by atoms with E-state index in [4.69, 9.17) is 4.74 Å². The van der Waals surface area contributed by atoms with Crippen LogP contribution in [0, 0.1) is 5.41 Å². The van der Waals surface area contributed by atoms with E-state index in [0.29, 0.717) is 30.8 Å². The van der Waals surface area contributed by atoms with E-state index in [9.17, 15) is 14.4 Å². The van der Waals surface area contributed by atoms with Crippen LogP contribution in [0.15, 0.2) is 54.6 Å². The number of methoxy groups -OCH3 is 1. The number of carbonyl (C=O) groups is 3. The summed E-state index contributed by atoms with van der Waals surface area (Å²) in [5, 5.41) is 0. The third kappa shape index (κ3) is 5.51. The van der Waals surface area contributed by atoms with E-state index < -0.39 is 6.04 Å². The van der Waals surface area contributed by atoms with Crippen LogP contribution in [0.5, 0.6) is 5.75 Å². The Morgan fingerprint density at radius 2 is 1.71 bits per heavy atom. The van der Waals surface area contributed by atoms with Crippen LogP contribution >= 0.6 is 0 Å². The zero-order chi connectivity index (χ0) is 22.6. The molecule has 0 bridgehead atoms. The van der Waals surface area contributed by atoms with Crippen molar-refractivity contribution in [2.24, 2.45) is 5.41 Å². The summed E-state index contributed by atoms with van der Waals surface area (Å²) < 4.78 is 5.16. The molecule has 31 heavy (non-hydrogen) atoms. The molecule has 3 rings (SSSR count). The molecule has 1 atom stereocenters. The van der Waals surface area contributed by atoms with Gasteiger partial charge in [-0.05, 0) is 41.7 Å². The van der Waals surface area contributed by atoms with Gasteiger partial charge in [0, 0.05) is 13.0 Å². The Morgan fingerprint density at radius 3 is 2.29 bits per heavy atom. The minimum absolute atomic E-state index is 0.00443. The molecule has 6 nitrogen and oxygen atoms in total. The van der Waals surface area contributed by atoms with Crippen LogP contribution in [-0.2, 0) is 20.8 Å². The van der Waals surface area contributed by atoms with Gasteiger partial charge in [-0.25, -0.2) is 4.90 Å². The SMILES string of the molecule is COc1ccc(N2C(=O)CC(N(CCc3ccccc3)C(=O)CC(C)(C)C)C2=O)cc1. The minimum atomic E-state index is -0.784. The van der Waals surface area contributed by atoms with Crippen LogP contribution in [0.2, 0.25) is 0 Å². The maximum absolute atomic E-state index is 13.3. The summed E-state index contributed by atoms with van der Waals surface area (Å²) in [6, 6.07) is 15.8. The smallest absolute Gasteiger partial charge is 0.257 e. The maximum Gasteiger partial charge on any atom is 0.257 e. The molecular formula is C25H30N2O4. The van der Waals surface area contributed by atoms with Crippen molar-refractivity contribution in [1.29, 1.82) is 0 Å². The Hall–Kier alpha value is -3.15. The predicted octanol–water partition coefficient (Wildman–Crippen LogP) is 3.83. The average Bonchev–Trinajstić information content (AvgIpc) is 3.01. The minimum Gasteiger partial charge on any atom is -0.497 e. The first-order valence-electron chi connectivity index (χ1n) is 10.5. The second kappa shape index (κ2) is 9.33. The largest absolute Gasteiger partial charge is 0.497 e. The van der Waals surface area contributed by atoms with Gasteiger partial charge in [-0.15, -0.1) is 0 Å². The summed E-state index contributed by atoms with van der Waals surface area (Å²) in [6.45, 7) is 6.36. The normalized spacial score (nSPS) is 16.5. The number of imide groups is 1. The highest BCUT2D eigenvalue weighted by Crippen LogP contribution is 2.29. The summed E-state index contributed by atoms with van der Waals surface area (Å²) in [7, 11) is 1.56. The van der Waals surface area contributed by atoms with Gasteiger partial charge in [-0.3, -0.25) is 14.4 Å². The molecule has 3 amide bonds. The number of ether oxygens (including phenoxy) is 1. The van der Waals surface area contributed by atoms with Crippen molar-refractivity contribution in [2.45, 2.75) is 46.1 Å². The first-order valence-corrected chi connectivity index (χ1v) is 10.5. The zero-order valence-electron chi connectivity index (χ0n) is 18.6. The van der Waals surface area contributed by atoms with E-state index in [1.54, 1.807) is 36.3 Å². The zero-order valence-corrected chi connectivity index (χ0v) is 18.6. The molecule has 0 N–H and O–H groups in total. The second-order valence-corrected chi connectivity index (χ2v) is 9.05. The lowest BCUT2D eigenvalue weighted by Gasteiger charge is -2.30. The van der Waals surface area contributed by atoms with E-state index in [0.717, 1.165) is 5.56 Å². The second-order valence-electron chi connectivity index (χ2n) is 9.05. The number of benzene rings is 2. The highest BCUT2D eigenvalue weighted by Gasteiger charge is 2.44. The molecule has 1 heterocycles. The Balaban J connectivity index is 1.83. The Kier molecular flexibility index (Phi) is 6.78. The summed E-state index contributed by atoms with van der Waals surface area (Å²) >= 11 is 0. The van der Waals surface area contributed by atoms with Crippen LogP contribution < -0.4 is 9.64 Å². The Labute approximate surface area is 183 Å². The monoisotopic (exact) mass is 422 g/mol. The van der Waals surface area contributed by atoms with Crippen LogP contribution in [0.1, 0.15) is 39.2 Å². The topological polar surface area (TPSA) is 66.9 Å². The molecule has 0 aliphatic carbocycles. The Bertz CT molecular complexity index is 932. The van der Waals surface area contributed by atoms with Crippen molar-refractivity contribution in [3.63, 3.8) is 0 Å².